The summed E-state index contributed by atoms with van der Waals surface area (Å²) in [5, 5.41) is 0.865. The number of amidine groups is 1. The lowest BCUT2D eigenvalue weighted by Crippen LogP contribution is -2.32. The molecule has 2 aromatic rings. The summed E-state index contributed by atoms with van der Waals surface area (Å²) >= 11 is 1.68. The highest BCUT2D eigenvalue weighted by Gasteiger charge is 2.25. The van der Waals surface area contributed by atoms with Crippen LogP contribution in [0.5, 0.6) is 0 Å². The van der Waals surface area contributed by atoms with E-state index in [2.05, 4.69) is 31.2 Å². The molecule has 1 heterocycles. The van der Waals surface area contributed by atoms with E-state index < -0.39 is 0 Å². The maximum Gasteiger partial charge on any atom is 0.228 e. The van der Waals surface area contributed by atoms with Crippen LogP contribution in [0.1, 0.15) is 30.5 Å². The molecule has 1 amide bonds. The number of amides is 1. The molecule has 1 aliphatic heterocycles. The zero-order valence-electron chi connectivity index (χ0n) is 13.9. The van der Waals surface area contributed by atoms with Crippen molar-refractivity contribution in [2.75, 3.05) is 12.3 Å². The summed E-state index contributed by atoms with van der Waals surface area (Å²) in [5.74, 6) is 1.10. The molecule has 0 saturated carbocycles. The number of carbonyl (C=O) groups excluding carboxylic acids is 1. The first-order valence-electron chi connectivity index (χ1n) is 8.34. The number of aryl methyl sites for hydroxylation is 1. The Kier molecular flexibility index (Phi) is 5.70. The Hall–Kier alpha value is -2.07. The molecule has 1 atom stereocenters. The van der Waals surface area contributed by atoms with E-state index in [1.165, 1.54) is 11.1 Å². The molecular weight excluding hydrogens is 316 g/mol. The quantitative estimate of drug-likeness (QED) is 0.814. The minimum Gasteiger partial charge on any atom is -0.291 e. The molecule has 2 aromatic carbocycles. The number of hydrogen-bond donors (Lipinski definition) is 0. The van der Waals surface area contributed by atoms with Crippen molar-refractivity contribution < 1.29 is 4.79 Å². The van der Waals surface area contributed by atoms with E-state index in [0.717, 1.165) is 23.9 Å². The van der Waals surface area contributed by atoms with Crippen LogP contribution in [0.3, 0.4) is 0 Å². The second kappa shape index (κ2) is 8.15. The SMILES string of the molecule is CC(N=C1SCCN1C(=O)CCc1ccccc1)c1ccccc1. The van der Waals surface area contributed by atoms with E-state index >= 15 is 0 Å². The summed E-state index contributed by atoms with van der Waals surface area (Å²) in [4.78, 5) is 19.2. The highest BCUT2D eigenvalue weighted by atomic mass is 32.2. The Morgan fingerprint density at radius 2 is 1.79 bits per heavy atom. The van der Waals surface area contributed by atoms with Gasteiger partial charge < -0.3 is 0 Å². The van der Waals surface area contributed by atoms with Gasteiger partial charge in [-0.1, -0.05) is 72.4 Å². The first kappa shape index (κ1) is 16.8. The molecule has 3 nitrogen and oxygen atoms in total. The Balaban J connectivity index is 1.64. The van der Waals surface area contributed by atoms with Crippen LogP contribution in [0.25, 0.3) is 0 Å². The molecule has 0 aliphatic carbocycles. The molecule has 0 spiro atoms. The van der Waals surface area contributed by atoms with Gasteiger partial charge in [0.2, 0.25) is 5.91 Å². The van der Waals surface area contributed by atoms with Crippen molar-refractivity contribution >= 4 is 22.8 Å². The molecule has 0 aromatic heterocycles. The summed E-state index contributed by atoms with van der Waals surface area (Å²) < 4.78 is 0. The zero-order chi connectivity index (χ0) is 16.8. The van der Waals surface area contributed by atoms with Crippen LogP contribution in [0.15, 0.2) is 65.7 Å². The van der Waals surface area contributed by atoms with E-state index in [1.54, 1.807) is 11.8 Å². The van der Waals surface area contributed by atoms with E-state index in [-0.39, 0.29) is 11.9 Å². The molecule has 3 rings (SSSR count). The molecule has 0 N–H and O–H groups in total. The van der Waals surface area contributed by atoms with Gasteiger partial charge in [0.05, 0.1) is 6.04 Å². The van der Waals surface area contributed by atoms with Crippen LogP contribution in [-0.2, 0) is 11.2 Å². The lowest BCUT2D eigenvalue weighted by molar-refractivity contribution is -0.126. The number of thioether (sulfide) groups is 1. The van der Waals surface area contributed by atoms with Crippen LogP contribution < -0.4 is 0 Å². The fraction of sp³-hybridized carbons (Fsp3) is 0.300. The second-order valence-corrected chi connectivity index (χ2v) is 6.94. The van der Waals surface area contributed by atoms with Gasteiger partial charge in [-0.15, -0.1) is 0 Å². The van der Waals surface area contributed by atoms with Crippen molar-refractivity contribution in [1.29, 1.82) is 0 Å². The average Bonchev–Trinajstić information content (AvgIpc) is 3.09. The Morgan fingerprint density at radius 3 is 2.50 bits per heavy atom. The zero-order valence-corrected chi connectivity index (χ0v) is 14.7. The van der Waals surface area contributed by atoms with Crippen molar-refractivity contribution in [2.24, 2.45) is 4.99 Å². The lowest BCUT2D eigenvalue weighted by atomic mass is 10.1. The molecule has 1 aliphatic rings. The Labute approximate surface area is 147 Å². The number of nitrogens with zero attached hydrogens (tertiary/aromatic N) is 2. The summed E-state index contributed by atoms with van der Waals surface area (Å²) in [7, 11) is 0. The number of carbonyl (C=O) groups is 1. The average molecular weight is 338 g/mol. The first-order chi connectivity index (χ1) is 11.7. The van der Waals surface area contributed by atoms with Gasteiger partial charge in [0.1, 0.15) is 0 Å². The van der Waals surface area contributed by atoms with Gasteiger partial charge in [-0.05, 0) is 24.5 Å². The fourth-order valence-electron chi connectivity index (χ4n) is 2.74. The largest absolute Gasteiger partial charge is 0.291 e. The van der Waals surface area contributed by atoms with Gasteiger partial charge in [0.25, 0.3) is 0 Å². The van der Waals surface area contributed by atoms with Crippen LogP contribution in [0.2, 0.25) is 0 Å². The smallest absolute Gasteiger partial charge is 0.228 e. The molecule has 24 heavy (non-hydrogen) atoms. The van der Waals surface area contributed by atoms with Crippen LogP contribution >= 0.6 is 11.8 Å². The second-order valence-electron chi connectivity index (χ2n) is 5.88. The predicted molar refractivity (Wildman–Crippen MR) is 101 cm³/mol. The van der Waals surface area contributed by atoms with Crippen LogP contribution in [0.4, 0.5) is 0 Å². The number of hydrogen-bond acceptors (Lipinski definition) is 3. The van der Waals surface area contributed by atoms with E-state index in [0.29, 0.717) is 6.42 Å². The molecule has 0 radical (unpaired) electrons. The topological polar surface area (TPSA) is 32.7 Å². The molecule has 124 valence electrons. The maximum absolute atomic E-state index is 12.6. The normalized spacial score (nSPS) is 17.2. The fourth-order valence-corrected chi connectivity index (χ4v) is 3.78. The van der Waals surface area contributed by atoms with Gasteiger partial charge in [-0.2, -0.15) is 0 Å². The highest BCUT2D eigenvalue weighted by Crippen LogP contribution is 2.24. The molecule has 1 fully saturated rings. The summed E-state index contributed by atoms with van der Waals surface area (Å²) in [6, 6.07) is 20.4. The van der Waals surface area contributed by atoms with Gasteiger partial charge in [-0.25, -0.2) is 0 Å². The Bertz CT molecular complexity index is 700. The third kappa shape index (κ3) is 4.26. The summed E-state index contributed by atoms with van der Waals surface area (Å²) in [5.41, 5.74) is 2.38. The van der Waals surface area contributed by atoms with Crippen molar-refractivity contribution in [3.8, 4) is 0 Å². The lowest BCUT2D eigenvalue weighted by Gasteiger charge is -2.17. The summed E-state index contributed by atoms with van der Waals surface area (Å²) in [6.45, 7) is 2.84. The van der Waals surface area contributed by atoms with E-state index in [9.17, 15) is 4.79 Å². The van der Waals surface area contributed by atoms with E-state index in [1.807, 2.05) is 41.3 Å². The van der Waals surface area contributed by atoms with E-state index in [4.69, 9.17) is 4.99 Å². The van der Waals surface area contributed by atoms with Crippen molar-refractivity contribution in [2.45, 2.75) is 25.8 Å². The molecule has 4 heteroatoms. The third-order valence-electron chi connectivity index (χ3n) is 4.13. The number of benzene rings is 2. The highest BCUT2D eigenvalue weighted by molar-refractivity contribution is 8.14. The standard InChI is InChI=1S/C20H22N2OS/c1-16(18-10-6-3-7-11-18)21-20-22(14-15-24-20)19(23)13-12-17-8-4-2-5-9-17/h2-11,16H,12-15H2,1H3. The Morgan fingerprint density at radius 1 is 1.12 bits per heavy atom. The monoisotopic (exact) mass is 338 g/mol. The number of aliphatic imine (C=N–C) groups is 1. The summed E-state index contributed by atoms with van der Waals surface area (Å²) in [6.07, 6.45) is 1.31. The van der Waals surface area contributed by atoms with Crippen LogP contribution in [0, 0.1) is 0 Å². The molecular formula is C20H22N2OS. The molecule has 1 unspecified atom stereocenters. The van der Waals surface area contributed by atoms with Crippen LogP contribution in [-0.4, -0.2) is 28.3 Å². The minimum atomic E-state index is 0.0659. The van der Waals surface area contributed by atoms with Crippen molar-refractivity contribution in [3.63, 3.8) is 0 Å². The molecule has 0 bridgehead atoms. The predicted octanol–water partition coefficient (Wildman–Crippen LogP) is 4.31. The number of rotatable bonds is 5. The van der Waals surface area contributed by atoms with Gasteiger partial charge in [0.15, 0.2) is 5.17 Å². The molecule has 1 saturated heterocycles. The van der Waals surface area contributed by atoms with Gasteiger partial charge in [-0.3, -0.25) is 14.7 Å². The maximum atomic E-state index is 12.6. The van der Waals surface area contributed by atoms with Gasteiger partial charge >= 0.3 is 0 Å². The first-order valence-corrected chi connectivity index (χ1v) is 9.32. The minimum absolute atomic E-state index is 0.0659. The van der Waals surface area contributed by atoms with Crippen molar-refractivity contribution in [1.82, 2.24) is 4.90 Å². The van der Waals surface area contributed by atoms with Gasteiger partial charge in [0, 0.05) is 18.7 Å². The third-order valence-corrected chi connectivity index (χ3v) is 5.11. The van der Waals surface area contributed by atoms with Crippen molar-refractivity contribution in [3.05, 3.63) is 71.8 Å².